The second-order valence-electron chi connectivity index (χ2n) is 5.84. The standard InChI is InChI=1S/C13H27NO3S/c1-10(2)13(7-8-15)14-11-5-4-6-12(9-11)18(3,16)17/h10-15H,4-9H2,1-3H3. The summed E-state index contributed by atoms with van der Waals surface area (Å²) < 4.78 is 23.2. The molecule has 0 saturated heterocycles. The number of hydrogen-bond donors (Lipinski definition) is 2. The van der Waals surface area contributed by atoms with Crippen LogP contribution in [-0.4, -0.2) is 43.7 Å². The Balaban J connectivity index is 2.56. The van der Waals surface area contributed by atoms with Gasteiger partial charge in [0.15, 0.2) is 0 Å². The van der Waals surface area contributed by atoms with Crippen LogP contribution in [0.2, 0.25) is 0 Å². The van der Waals surface area contributed by atoms with Gasteiger partial charge in [-0.15, -0.1) is 0 Å². The first-order valence-electron chi connectivity index (χ1n) is 6.90. The van der Waals surface area contributed by atoms with Crippen LogP contribution >= 0.6 is 0 Å². The summed E-state index contributed by atoms with van der Waals surface area (Å²) in [6.45, 7) is 4.44. The van der Waals surface area contributed by atoms with Crippen molar-refractivity contribution < 1.29 is 13.5 Å². The Kier molecular flexibility index (Phi) is 6.08. The van der Waals surface area contributed by atoms with E-state index in [2.05, 4.69) is 19.2 Å². The molecule has 3 atom stereocenters. The van der Waals surface area contributed by atoms with E-state index in [0.29, 0.717) is 12.3 Å². The second-order valence-corrected chi connectivity index (χ2v) is 8.17. The molecule has 0 aromatic rings. The summed E-state index contributed by atoms with van der Waals surface area (Å²) in [4.78, 5) is 0. The summed E-state index contributed by atoms with van der Waals surface area (Å²) >= 11 is 0. The van der Waals surface area contributed by atoms with Gasteiger partial charge in [-0.3, -0.25) is 0 Å². The minimum atomic E-state index is -2.92. The van der Waals surface area contributed by atoms with Gasteiger partial charge in [-0.2, -0.15) is 0 Å². The van der Waals surface area contributed by atoms with Gasteiger partial charge in [-0.25, -0.2) is 8.42 Å². The Morgan fingerprint density at radius 1 is 1.33 bits per heavy atom. The molecule has 0 aliphatic heterocycles. The Morgan fingerprint density at radius 3 is 2.50 bits per heavy atom. The van der Waals surface area contributed by atoms with Crippen molar-refractivity contribution >= 4 is 9.84 Å². The molecular weight excluding hydrogens is 250 g/mol. The van der Waals surface area contributed by atoms with Gasteiger partial charge in [0, 0.05) is 24.9 Å². The average molecular weight is 277 g/mol. The molecule has 1 rings (SSSR count). The lowest BCUT2D eigenvalue weighted by Crippen LogP contribution is -2.46. The molecule has 2 N–H and O–H groups in total. The molecule has 0 radical (unpaired) electrons. The van der Waals surface area contributed by atoms with Crippen molar-refractivity contribution in [2.45, 2.75) is 63.3 Å². The summed E-state index contributed by atoms with van der Waals surface area (Å²) in [5.74, 6) is 0.454. The molecule has 0 aromatic carbocycles. The van der Waals surface area contributed by atoms with E-state index < -0.39 is 9.84 Å². The molecular formula is C13H27NO3S. The Bertz CT molecular complexity index is 340. The first kappa shape index (κ1) is 15.9. The van der Waals surface area contributed by atoms with E-state index in [4.69, 9.17) is 5.11 Å². The van der Waals surface area contributed by atoms with E-state index in [-0.39, 0.29) is 23.9 Å². The van der Waals surface area contributed by atoms with Gasteiger partial charge in [-0.1, -0.05) is 20.3 Å². The monoisotopic (exact) mass is 277 g/mol. The average Bonchev–Trinajstić information content (AvgIpc) is 2.27. The molecule has 5 heteroatoms. The molecule has 0 aromatic heterocycles. The van der Waals surface area contributed by atoms with E-state index in [1.165, 1.54) is 6.26 Å². The van der Waals surface area contributed by atoms with E-state index in [0.717, 1.165) is 25.7 Å². The topological polar surface area (TPSA) is 66.4 Å². The Labute approximate surface area is 111 Å². The summed E-state index contributed by atoms with van der Waals surface area (Å²) in [5.41, 5.74) is 0. The van der Waals surface area contributed by atoms with Gasteiger partial charge in [0.25, 0.3) is 0 Å². The lowest BCUT2D eigenvalue weighted by atomic mass is 9.92. The van der Waals surface area contributed by atoms with Crippen molar-refractivity contribution in [3.8, 4) is 0 Å². The summed E-state index contributed by atoms with van der Waals surface area (Å²) in [7, 11) is -2.92. The summed E-state index contributed by atoms with van der Waals surface area (Å²) in [5, 5.41) is 12.4. The number of aliphatic hydroxyl groups excluding tert-OH is 1. The minimum absolute atomic E-state index is 0.179. The third-order valence-corrected chi connectivity index (χ3v) is 5.57. The maximum absolute atomic E-state index is 11.6. The number of sulfone groups is 1. The van der Waals surface area contributed by atoms with Crippen LogP contribution < -0.4 is 5.32 Å². The van der Waals surface area contributed by atoms with Crippen molar-refractivity contribution in [2.24, 2.45) is 5.92 Å². The molecule has 1 fully saturated rings. The molecule has 1 aliphatic rings. The lowest BCUT2D eigenvalue weighted by Gasteiger charge is -2.33. The zero-order chi connectivity index (χ0) is 13.8. The smallest absolute Gasteiger partial charge is 0.150 e. The maximum atomic E-state index is 11.6. The van der Waals surface area contributed by atoms with E-state index in [9.17, 15) is 8.42 Å². The van der Waals surface area contributed by atoms with Gasteiger partial charge in [0.1, 0.15) is 9.84 Å². The van der Waals surface area contributed by atoms with E-state index >= 15 is 0 Å². The Hall–Kier alpha value is -0.130. The first-order valence-corrected chi connectivity index (χ1v) is 8.85. The highest BCUT2D eigenvalue weighted by atomic mass is 32.2. The SMILES string of the molecule is CC(C)C(CCO)NC1CCCC(S(C)(=O)=O)C1. The molecule has 0 bridgehead atoms. The fraction of sp³-hybridized carbons (Fsp3) is 1.00. The van der Waals surface area contributed by atoms with Crippen LogP contribution in [0, 0.1) is 5.92 Å². The van der Waals surface area contributed by atoms with Crippen molar-refractivity contribution in [3.63, 3.8) is 0 Å². The molecule has 3 unspecified atom stereocenters. The first-order chi connectivity index (χ1) is 8.34. The third kappa shape index (κ3) is 4.86. The quantitative estimate of drug-likeness (QED) is 0.769. The van der Waals surface area contributed by atoms with Crippen LogP contribution in [0.1, 0.15) is 46.0 Å². The van der Waals surface area contributed by atoms with Crippen LogP contribution in [0.5, 0.6) is 0 Å². The molecule has 108 valence electrons. The minimum Gasteiger partial charge on any atom is -0.396 e. The molecule has 0 heterocycles. The molecule has 1 saturated carbocycles. The molecule has 0 amide bonds. The summed E-state index contributed by atoms with van der Waals surface area (Å²) in [6, 6.07) is 0.552. The van der Waals surface area contributed by atoms with Crippen molar-refractivity contribution in [2.75, 3.05) is 12.9 Å². The Morgan fingerprint density at radius 2 is 2.00 bits per heavy atom. The molecule has 0 spiro atoms. The summed E-state index contributed by atoms with van der Waals surface area (Å²) in [6.07, 6.45) is 5.60. The lowest BCUT2D eigenvalue weighted by molar-refractivity contribution is 0.223. The zero-order valence-corrected chi connectivity index (χ0v) is 12.5. The number of nitrogens with one attached hydrogen (secondary N) is 1. The fourth-order valence-electron chi connectivity index (χ4n) is 2.74. The van der Waals surface area contributed by atoms with Gasteiger partial charge in [0.05, 0.1) is 5.25 Å². The van der Waals surface area contributed by atoms with Crippen molar-refractivity contribution in [3.05, 3.63) is 0 Å². The highest BCUT2D eigenvalue weighted by Crippen LogP contribution is 2.25. The molecule has 4 nitrogen and oxygen atoms in total. The van der Waals surface area contributed by atoms with Crippen LogP contribution in [0.4, 0.5) is 0 Å². The zero-order valence-electron chi connectivity index (χ0n) is 11.7. The molecule has 18 heavy (non-hydrogen) atoms. The maximum Gasteiger partial charge on any atom is 0.150 e. The van der Waals surface area contributed by atoms with Gasteiger partial charge in [0.2, 0.25) is 0 Å². The van der Waals surface area contributed by atoms with Crippen LogP contribution in [0.3, 0.4) is 0 Å². The van der Waals surface area contributed by atoms with Gasteiger partial charge >= 0.3 is 0 Å². The van der Waals surface area contributed by atoms with Gasteiger partial charge in [-0.05, 0) is 31.6 Å². The predicted molar refractivity (Wildman–Crippen MR) is 74.4 cm³/mol. The highest BCUT2D eigenvalue weighted by Gasteiger charge is 2.30. The van der Waals surface area contributed by atoms with Crippen molar-refractivity contribution in [1.82, 2.24) is 5.32 Å². The fourth-order valence-corrected chi connectivity index (χ4v) is 3.91. The normalized spacial score (nSPS) is 27.4. The largest absolute Gasteiger partial charge is 0.396 e. The van der Waals surface area contributed by atoms with E-state index in [1.807, 2.05) is 0 Å². The number of rotatable bonds is 6. The second kappa shape index (κ2) is 6.87. The predicted octanol–water partition coefficient (Wildman–Crippen LogP) is 1.34. The number of hydrogen-bond acceptors (Lipinski definition) is 4. The van der Waals surface area contributed by atoms with Crippen LogP contribution in [0.15, 0.2) is 0 Å². The van der Waals surface area contributed by atoms with Crippen molar-refractivity contribution in [1.29, 1.82) is 0 Å². The number of aliphatic hydroxyl groups is 1. The van der Waals surface area contributed by atoms with E-state index in [1.54, 1.807) is 0 Å². The molecule has 1 aliphatic carbocycles. The van der Waals surface area contributed by atoms with Crippen LogP contribution in [0.25, 0.3) is 0 Å². The highest BCUT2D eigenvalue weighted by molar-refractivity contribution is 7.91. The third-order valence-electron chi connectivity index (χ3n) is 3.93. The van der Waals surface area contributed by atoms with Gasteiger partial charge < -0.3 is 10.4 Å². The van der Waals surface area contributed by atoms with Crippen LogP contribution in [-0.2, 0) is 9.84 Å².